The summed E-state index contributed by atoms with van der Waals surface area (Å²) in [6.07, 6.45) is 7.08. The fourth-order valence-corrected chi connectivity index (χ4v) is 2.84. The maximum absolute atomic E-state index is 11.8. The first-order chi connectivity index (χ1) is 9.65. The Morgan fingerprint density at radius 3 is 2.45 bits per heavy atom. The van der Waals surface area contributed by atoms with Gasteiger partial charge in [0.2, 0.25) is 5.91 Å². The van der Waals surface area contributed by atoms with Crippen molar-refractivity contribution in [2.45, 2.75) is 45.1 Å². The van der Waals surface area contributed by atoms with E-state index in [2.05, 4.69) is 34.5 Å². The molecule has 110 valence electrons. The smallest absolute Gasteiger partial charge is 0.220 e. The SMILES string of the molecule is CN(C)c1ccc(CNC(=O)CCC2CCCC2)cc1. The van der Waals surface area contributed by atoms with Gasteiger partial charge in [0.1, 0.15) is 0 Å². The average molecular weight is 274 g/mol. The lowest BCUT2D eigenvalue weighted by Gasteiger charge is -2.13. The number of nitrogens with one attached hydrogen (secondary N) is 1. The summed E-state index contributed by atoms with van der Waals surface area (Å²) in [5.74, 6) is 0.980. The maximum Gasteiger partial charge on any atom is 0.220 e. The standard InChI is InChI=1S/C17H26N2O/c1-19(2)16-10-7-15(8-11-16)13-18-17(20)12-9-14-5-3-4-6-14/h7-8,10-11,14H,3-6,9,12-13H2,1-2H3,(H,18,20). The van der Waals surface area contributed by atoms with E-state index in [0.29, 0.717) is 13.0 Å². The Labute approximate surface area is 122 Å². The predicted molar refractivity (Wildman–Crippen MR) is 83.8 cm³/mol. The Morgan fingerprint density at radius 1 is 1.20 bits per heavy atom. The third kappa shape index (κ3) is 4.55. The molecule has 2 rings (SSSR count). The van der Waals surface area contributed by atoms with Crippen LogP contribution in [0.15, 0.2) is 24.3 Å². The van der Waals surface area contributed by atoms with E-state index in [4.69, 9.17) is 0 Å². The van der Waals surface area contributed by atoms with Crippen LogP contribution in [-0.2, 0) is 11.3 Å². The van der Waals surface area contributed by atoms with Crippen molar-refractivity contribution < 1.29 is 4.79 Å². The summed E-state index contributed by atoms with van der Waals surface area (Å²) in [5, 5.41) is 3.02. The van der Waals surface area contributed by atoms with E-state index in [9.17, 15) is 4.79 Å². The van der Waals surface area contributed by atoms with Gasteiger partial charge in [0.05, 0.1) is 0 Å². The summed E-state index contributed by atoms with van der Waals surface area (Å²) < 4.78 is 0. The third-order valence-electron chi connectivity index (χ3n) is 4.20. The average Bonchev–Trinajstić information content (AvgIpc) is 2.96. The largest absolute Gasteiger partial charge is 0.378 e. The van der Waals surface area contributed by atoms with Crippen LogP contribution in [0.4, 0.5) is 5.69 Å². The normalized spacial score (nSPS) is 15.3. The van der Waals surface area contributed by atoms with Gasteiger partial charge in [-0.2, -0.15) is 0 Å². The Kier molecular flexibility index (Phi) is 5.45. The molecule has 0 unspecified atom stereocenters. The highest BCUT2D eigenvalue weighted by Crippen LogP contribution is 2.28. The van der Waals surface area contributed by atoms with Crippen LogP contribution in [0.5, 0.6) is 0 Å². The molecular formula is C17H26N2O. The van der Waals surface area contributed by atoms with E-state index >= 15 is 0 Å². The number of carbonyl (C=O) groups excluding carboxylic acids is 1. The van der Waals surface area contributed by atoms with Crippen molar-refractivity contribution in [2.75, 3.05) is 19.0 Å². The first-order valence-electron chi connectivity index (χ1n) is 7.68. The fourth-order valence-electron chi connectivity index (χ4n) is 2.84. The van der Waals surface area contributed by atoms with Crippen LogP contribution in [0.25, 0.3) is 0 Å². The molecule has 1 aromatic carbocycles. The highest BCUT2D eigenvalue weighted by Gasteiger charge is 2.15. The molecular weight excluding hydrogens is 248 g/mol. The van der Waals surface area contributed by atoms with Gasteiger partial charge in [0, 0.05) is 32.7 Å². The predicted octanol–water partition coefficient (Wildman–Crippen LogP) is 3.34. The molecule has 1 aliphatic carbocycles. The van der Waals surface area contributed by atoms with Gasteiger partial charge >= 0.3 is 0 Å². The van der Waals surface area contributed by atoms with Crippen LogP contribution in [0.3, 0.4) is 0 Å². The lowest BCUT2D eigenvalue weighted by atomic mass is 10.0. The van der Waals surface area contributed by atoms with Gasteiger partial charge in [0.25, 0.3) is 0 Å². The molecule has 1 amide bonds. The van der Waals surface area contributed by atoms with Gasteiger partial charge < -0.3 is 10.2 Å². The second-order valence-corrected chi connectivity index (χ2v) is 6.03. The van der Waals surface area contributed by atoms with Crippen LogP contribution < -0.4 is 10.2 Å². The molecule has 0 bridgehead atoms. The summed E-state index contributed by atoms with van der Waals surface area (Å²) >= 11 is 0. The van der Waals surface area contributed by atoms with Crippen LogP contribution in [0, 0.1) is 5.92 Å². The zero-order valence-corrected chi connectivity index (χ0v) is 12.7. The molecule has 1 fully saturated rings. The number of carbonyl (C=O) groups is 1. The van der Waals surface area contributed by atoms with Gasteiger partial charge in [0.15, 0.2) is 0 Å². The van der Waals surface area contributed by atoms with E-state index < -0.39 is 0 Å². The monoisotopic (exact) mass is 274 g/mol. The lowest BCUT2D eigenvalue weighted by molar-refractivity contribution is -0.121. The second-order valence-electron chi connectivity index (χ2n) is 6.03. The number of hydrogen-bond acceptors (Lipinski definition) is 2. The zero-order chi connectivity index (χ0) is 14.4. The van der Waals surface area contributed by atoms with E-state index in [0.717, 1.165) is 17.9 Å². The quantitative estimate of drug-likeness (QED) is 0.863. The van der Waals surface area contributed by atoms with Crippen molar-refractivity contribution in [3.05, 3.63) is 29.8 Å². The summed E-state index contributed by atoms with van der Waals surface area (Å²) in [5.41, 5.74) is 2.34. The first-order valence-corrected chi connectivity index (χ1v) is 7.68. The van der Waals surface area contributed by atoms with Crippen LogP contribution in [0.1, 0.15) is 44.1 Å². The molecule has 3 heteroatoms. The third-order valence-corrected chi connectivity index (χ3v) is 4.20. The van der Waals surface area contributed by atoms with Gasteiger partial charge in [-0.1, -0.05) is 37.8 Å². The van der Waals surface area contributed by atoms with E-state index in [1.807, 2.05) is 14.1 Å². The van der Waals surface area contributed by atoms with Crippen molar-refractivity contribution >= 4 is 11.6 Å². The molecule has 1 aliphatic rings. The number of benzene rings is 1. The Bertz CT molecular complexity index is 419. The molecule has 0 aliphatic heterocycles. The number of amides is 1. The van der Waals surface area contributed by atoms with E-state index in [1.54, 1.807) is 0 Å². The minimum atomic E-state index is 0.189. The van der Waals surface area contributed by atoms with Crippen LogP contribution in [-0.4, -0.2) is 20.0 Å². The van der Waals surface area contributed by atoms with Crippen molar-refractivity contribution in [3.8, 4) is 0 Å². The summed E-state index contributed by atoms with van der Waals surface area (Å²) in [6.45, 7) is 0.636. The zero-order valence-electron chi connectivity index (χ0n) is 12.7. The van der Waals surface area contributed by atoms with Crippen molar-refractivity contribution in [3.63, 3.8) is 0 Å². The molecule has 20 heavy (non-hydrogen) atoms. The Hall–Kier alpha value is -1.51. The van der Waals surface area contributed by atoms with Gasteiger partial charge in [-0.15, -0.1) is 0 Å². The molecule has 1 aromatic rings. The van der Waals surface area contributed by atoms with Crippen LogP contribution >= 0.6 is 0 Å². The molecule has 1 saturated carbocycles. The Balaban J connectivity index is 1.69. The van der Waals surface area contributed by atoms with Gasteiger partial charge in [-0.3, -0.25) is 4.79 Å². The highest BCUT2D eigenvalue weighted by atomic mass is 16.1. The minimum Gasteiger partial charge on any atom is -0.378 e. The maximum atomic E-state index is 11.8. The Morgan fingerprint density at radius 2 is 1.85 bits per heavy atom. The molecule has 0 heterocycles. The summed E-state index contributed by atoms with van der Waals surface area (Å²) in [4.78, 5) is 13.9. The number of hydrogen-bond donors (Lipinski definition) is 1. The lowest BCUT2D eigenvalue weighted by Crippen LogP contribution is -2.23. The van der Waals surface area contributed by atoms with Crippen LogP contribution in [0.2, 0.25) is 0 Å². The molecule has 0 radical (unpaired) electrons. The summed E-state index contributed by atoms with van der Waals surface area (Å²) in [6, 6.07) is 8.32. The van der Waals surface area contributed by atoms with Gasteiger partial charge in [-0.25, -0.2) is 0 Å². The highest BCUT2D eigenvalue weighted by molar-refractivity contribution is 5.75. The number of rotatable bonds is 6. The minimum absolute atomic E-state index is 0.189. The van der Waals surface area contributed by atoms with Crippen molar-refractivity contribution in [2.24, 2.45) is 5.92 Å². The molecule has 3 nitrogen and oxygen atoms in total. The molecule has 0 saturated heterocycles. The van der Waals surface area contributed by atoms with Crippen molar-refractivity contribution in [1.82, 2.24) is 5.32 Å². The summed E-state index contributed by atoms with van der Waals surface area (Å²) in [7, 11) is 4.06. The van der Waals surface area contributed by atoms with Gasteiger partial charge in [-0.05, 0) is 30.0 Å². The van der Waals surface area contributed by atoms with Crippen molar-refractivity contribution in [1.29, 1.82) is 0 Å². The topological polar surface area (TPSA) is 32.3 Å². The molecule has 1 N–H and O–H groups in total. The van der Waals surface area contributed by atoms with E-state index in [1.165, 1.54) is 31.4 Å². The fraction of sp³-hybridized carbons (Fsp3) is 0.588. The second kappa shape index (κ2) is 7.32. The van der Waals surface area contributed by atoms with E-state index in [-0.39, 0.29) is 5.91 Å². The number of nitrogens with zero attached hydrogens (tertiary/aromatic N) is 1. The molecule has 0 atom stereocenters. The molecule has 0 aromatic heterocycles. The molecule has 0 spiro atoms. The number of anilines is 1. The first kappa shape index (κ1) is 14.9.